The van der Waals surface area contributed by atoms with E-state index in [4.69, 9.17) is 5.73 Å². The van der Waals surface area contributed by atoms with Crippen LogP contribution in [-0.4, -0.2) is 9.38 Å². The van der Waals surface area contributed by atoms with Gasteiger partial charge in [-0.15, -0.1) is 11.3 Å². The van der Waals surface area contributed by atoms with Crippen LogP contribution in [0.25, 0.3) is 16.1 Å². The lowest BCUT2D eigenvalue weighted by molar-refractivity contribution is 0.904. The molecule has 4 heteroatoms. The Labute approximate surface area is 97.2 Å². The zero-order chi connectivity index (χ0) is 11.0. The van der Waals surface area contributed by atoms with Gasteiger partial charge in [0.1, 0.15) is 11.5 Å². The van der Waals surface area contributed by atoms with Crippen LogP contribution in [0.15, 0.2) is 41.9 Å². The van der Waals surface area contributed by atoms with Gasteiger partial charge < -0.3 is 10.1 Å². The van der Waals surface area contributed by atoms with Crippen molar-refractivity contribution in [3.63, 3.8) is 0 Å². The number of pyridine rings is 1. The van der Waals surface area contributed by atoms with Crippen LogP contribution < -0.4 is 5.73 Å². The van der Waals surface area contributed by atoms with Crippen LogP contribution in [0.2, 0.25) is 0 Å². The third-order valence-electron chi connectivity index (χ3n) is 2.56. The molecule has 0 fully saturated rings. The van der Waals surface area contributed by atoms with E-state index >= 15 is 0 Å². The molecule has 3 rings (SSSR count). The van der Waals surface area contributed by atoms with Gasteiger partial charge >= 0.3 is 0 Å². The highest BCUT2D eigenvalue weighted by molar-refractivity contribution is 7.13. The van der Waals surface area contributed by atoms with Crippen molar-refractivity contribution in [2.75, 3.05) is 0 Å². The predicted molar refractivity (Wildman–Crippen MR) is 66.4 cm³/mol. The predicted octanol–water partition coefficient (Wildman–Crippen LogP) is 2.52. The van der Waals surface area contributed by atoms with Crippen molar-refractivity contribution in [3.05, 3.63) is 47.7 Å². The number of hydrogen-bond donors (Lipinski definition) is 1. The second-order valence-electron chi connectivity index (χ2n) is 3.51. The van der Waals surface area contributed by atoms with E-state index in [9.17, 15) is 0 Å². The Bertz CT molecular complexity index is 610. The second kappa shape index (κ2) is 3.73. The van der Waals surface area contributed by atoms with Crippen LogP contribution >= 0.6 is 11.3 Å². The Kier molecular flexibility index (Phi) is 2.23. The van der Waals surface area contributed by atoms with Gasteiger partial charge in [-0.05, 0) is 23.6 Å². The maximum Gasteiger partial charge on any atom is 0.127 e. The van der Waals surface area contributed by atoms with Gasteiger partial charge in [-0.25, -0.2) is 4.98 Å². The molecule has 16 heavy (non-hydrogen) atoms. The van der Waals surface area contributed by atoms with E-state index in [2.05, 4.69) is 26.9 Å². The largest absolute Gasteiger partial charge is 0.324 e. The van der Waals surface area contributed by atoms with E-state index < -0.39 is 0 Å². The van der Waals surface area contributed by atoms with Gasteiger partial charge in [0.2, 0.25) is 0 Å². The minimum atomic E-state index is 0.455. The van der Waals surface area contributed by atoms with Crippen molar-refractivity contribution in [2.45, 2.75) is 6.54 Å². The van der Waals surface area contributed by atoms with Crippen LogP contribution in [0.5, 0.6) is 0 Å². The molecule has 0 aliphatic carbocycles. The number of rotatable bonds is 2. The SMILES string of the molecule is NCc1nc(-c2cccs2)c2ccccn12. The number of aromatic nitrogens is 2. The molecule has 0 amide bonds. The first kappa shape index (κ1) is 9.57. The minimum absolute atomic E-state index is 0.455. The maximum absolute atomic E-state index is 5.70. The third-order valence-corrected chi connectivity index (χ3v) is 3.44. The summed E-state index contributed by atoms with van der Waals surface area (Å²) in [6.45, 7) is 0.455. The number of hydrogen-bond acceptors (Lipinski definition) is 3. The van der Waals surface area contributed by atoms with Gasteiger partial charge in [-0.3, -0.25) is 0 Å². The molecule has 0 aliphatic heterocycles. The highest BCUT2D eigenvalue weighted by Crippen LogP contribution is 2.28. The Morgan fingerprint density at radius 3 is 2.94 bits per heavy atom. The molecular weight excluding hydrogens is 218 g/mol. The second-order valence-corrected chi connectivity index (χ2v) is 4.46. The van der Waals surface area contributed by atoms with Crippen molar-refractivity contribution >= 4 is 16.9 Å². The lowest BCUT2D eigenvalue weighted by Gasteiger charge is -1.96. The van der Waals surface area contributed by atoms with Crippen molar-refractivity contribution < 1.29 is 0 Å². The van der Waals surface area contributed by atoms with Gasteiger partial charge in [0, 0.05) is 6.20 Å². The minimum Gasteiger partial charge on any atom is -0.324 e. The van der Waals surface area contributed by atoms with Crippen molar-refractivity contribution in [1.29, 1.82) is 0 Å². The molecular formula is C12H11N3S. The molecule has 2 N–H and O–H groups in total. The number of fused-ring (bicyclic) bond motifs is 1. The average molecular weight is 229 g/mol. The lowest BCUT2D eigenvalue weighted by atomic mass is 10.3. The van der Waals surface area contributed by atoms with Crippen LogP contribution in [0.4, 0.5) is 0 Å². The highest BCUT2D eigenvalue weighted by Gasteiger charge is 2.11. The Morgan fingerprint density at radius 1 is 1.25 bits per heavy atom. The molecule has 3 aromatic heterocycles. The lowest BCUT2D eigenvalue weighted by Crippen LogP contribution is -2.01. The van der Waals surface area contributed by atoms with Gasteiger partial charge in [0.05, 0.1) is 16.9 Å². The molecule has 0 saturated carbocycles. The number of nitrogens with zero attached hydrogens (tertiary/aromatic N) is 2. The van der Waals surface area contributed by atoms with E-state index in [1.54, 1.807) is 11.3 Å². The molecule has 0 bridgehead atoms. The maximum atomic E-state index is 5.70. The molecule has 0 aromatic carbocycles. The molecule has 3 nitrogen and oxygen atoms in total. The quantitative estimate of drug-likeness (QED) is 0.733. The van der Waals surface area contributed by atoms with Crippen molar-refractivity contribution in [1.82, 2.24) is 9.38 Å². The Balaban J connectivity index is 2.33. The standard InChI is InChI=1S/C12H11N3S/c13-8-11-14-12(10-5-3-7-16-10)9-4-1-2-6-15(9)11/h1-7H,8,13H2. The highest BCUT2D eigenvalue weighted by atomic mass is 32.1. The van der Waals surface area contributed by atoms with Gasteiger partial charge in [-0.1, -0.05) is 12.1 Å². The van der Waals surface area contributed by atoms with Gasteiger partial charge in [0.25, 0.3) is 0 Å². The summed E-state index contributed by atoms with van der Waals surface area (Å²) < 4.78 is 2.05. The molecule has 0 atom stereocenters. The summed E-state index contributed by atoms with van der Waals surface area (Å²) >= 11 is 1.70. The molecule has 0 saturated heterocycles. The van der Waals surface area contributed by atoms with Crippen molar-refractivity contribution in [3.8, 4) is 10.6 Å². The first-order chi connectivity index (χ1) is 7.90. The number of thiophene rings is 1. The smallest absolute Gasteiger partial charge is 0.127 e. The number of imidazole rings is 1. The molecule has 0 unspecified atom stereocenters. The fourth-order valence-corrected chi connectivity index (χ4v) is 2.56. The van der Waals surface area contributed by atoms with Crippen LogP contribution in [0, 0.1) is 0 Å². The van der Waals surface area contributed by atoms with Crippen LogP contribution in [-0.2, 0) is 6.54 Å². The monoisotopic (exact) mass is 229 g/mol. The van der Waals surface area contributed by atoms with Gasteiger partial charge in [0.15, 0.2) is 0 Å². The first-order valence-corrected chi connectivity index (χ1v) is 5.98. The molecule has 3 heterocycles. The average Bonchev–Trinajstić information content (AvgIpc) is 2.95. The summed E-state index contributed by atoms with van der Waals surface area (Å²) in [7, 11) is 0. The topological polar surface area (TPSA) is 43.3 Å². The fourth-order valence-electron chi connectivity index (χ4n) is 1.84. The van der Waals surface area contributed by atoms with E-state index in [0.717, 1.165) is 17.0 Å². The zero-order valence-electron chi connectivity index (χ0n) is 8.63. The number of nitrogens with two attached hydrogens (primary N) is 1. The molecule has 0 spiro atoms. The van der Waals surface area contributed by atoms with Crippen LogP contribution in [0.3, 0.4) is 0 Å². The summed E-state index contributed by atoms with van der Waals surface area (Å²) in [5, 5.41) is 2.06. The van der Waals surface area contributed by atoms with E-state index in [-0.39, 0.29) is 0 Å². The Hall–Kier alpha value is -1.65. The summed E-state index contributed by atoms with van der Waals surface area (Å²) in [6.07, 6.45) is 2.00. The summed E-state index contributed by atoms with van der Waals surface area (Å²) in [6, 6.07) is 10.2. The third kappa shape index (κ3) is 1.35. The summed E-state index contributed by atoms with van der Waals surface area (Å²) in [5.74, 6) is 0.902. The molecule has 0 radical (unpaired) electrons. The Morgan fingerprint density at radius 2 is 2.19 bits per heavy atom. The fraction of sp³-hybridized carbons (Fsp3) is 0.0833. The summed E-state index contributed by atoms with van der Waals surface area (Å²) in [4.78, 5) is 5.78. The molecule has 0 aliphatic rings. The van der Waals surface area contributed by atoms with E-state index in [1.807, 2.05) is 24.4 Å². The molecule has 3 aromatic rings. The zero-order valence-corrected chi connectivity index (χ0v) is 9.45. The first-order valence-electron chi connectivity index (χ1n) is 5.10. The van der Waals surface area contributed by atoms with Crippen molar-refractivity contribution in [2.24, 2.45) is 5.73 Å². The van der Waals surface area contributed by atoms with E-state index in [1.165, 1.54) is 4.88 Å². The molecule has 80 valence electrons. The van der Waals surface area contributed by atoms with Gasteiger partial charge in [-0.2, -0.15) is 0 Å². The normalized spacial score (nSPS) is 11.1. The summed E-state index contributed by atoms with van der Waals surface area (Å²) in [5.41, 5.74) is 7.84. The van der Waals surface area contributed by atoms with Crippen LogP contribution in [0.1, 0.15) is 5.82 Å². The van der Waals surface area contributed by atoms with E-state index in [0.29, 0.717) is 6.54 Å².